The molecule has 0 amide bonds. The molecule has 0 aliphatic carbocycles. The van der Waals surface area contributed by atoms with Crippen LogP contribution in [-0.2, 0) is 23.7 Å². The first kappa shape index (κ1) is 19.5. The molecule has 0 heterocycles. The minimum absolute atomic E-state index is 0.127. The molecule has 6 heteroatoms. The Morgan fingerprint density at radius 3 is 1.90 bits per heavy atom. The van der Waals surface area contributed by atoms with Crippen molar-refractivity contribution in [3.05, 3.63) is 0 Å². The van der Waals surface area contributed by atoms with Crippen LogP contribution in [0.5, 0.6) is 0 Å². The maximum atomic E-state index is 11.2. The van der Waals surface area contributed by atoms with Crippen LogP contribution in [0.3, 0.4) is 0 Å². The van der Waals surface area contributed by atoms with Crippen molar-refractivity contribution < 1.29 is 28.8 Å². The van der Waals surface area contributed by atoms with Crippen molar-refractivity contribution in [1.29, 1.82) is 0 Å². The van der Waals surface area contributed by atoms with Gasteiger partial charge in [-0.25, -0.2) is 0 Å². The second-order valence-electron chi connectivity index (χ2n) is 4.12. The molecule has 0 fully saturated rings. The normalized spacial score (nSPS) is 17.4. The average Bonchev–Trinajstić information content (AvgIpc) is 2.46. The Kier molecular flexibility index (Phi) is 11.9. The lowest BCUT2D eigenvalue weighted by atomic mass is 10.0. The van der Waals surface area contributed by atoms with Gasteiger partial charge in [0.15, 0.2) is 6.29 Å². The van der Waals surface area contributed by atoms with E-state index in [1.807, 2.05) is 20.8 Å². The van der Waals surface area contributed by atoms with E-state index in [9.17, 15) is 9.90 Å². The molecule has 20 heavy (non-hydrogen) atoms. The van der Waals surface area contributed by atoms with Gasteiger partial charge in [-0.1, -0.05) is 0 Å². The number of rotatable bonds is 13. The van der Waals surface area contributed by atoms with Crippen LogP contribution in [0.25, 0.3) is 0 Å². The van der Waals surface area contributed by atoms with Gasteiger partial charge in [0, 0.05) is 26.4 Å². The molecule has 6 nitrogen and oxygen atoms in total. The maximum Gasteiger partial charge on any atom is 0.151 e. The molecule has 0 saturated carbocycles. The molecule has 0 saturated heterocycles. The first-order valence-corrected chi connectivity index (χ1v) is 7.21. The molecule has 0 aliphatic heterocycles. The zero-order valence-corrected chi connectivity index (χ0v) is 12.9. The number of hydrogen-bond acceptors (Lipinski definition) is 6. The van der Waals surface area contributed by atoms with E-state index in [0.717, 1.165) is 0 Å². The van der Waals surface area contributed by atoms with Gasteiger partial charge in [-0.15, -0.1) is 0 Å². The predicted octanol–water partition coefficient (Wildman–Crippen LogP) is 0.798. The highest BCUT2D eigenvalue weighted by molar-refractivity contribution is 5.57. The summed E-state index contributed by atoms with van der Waals surface area (Å²) in [6.45, 7) is 9.08. The third kappa shape index (κ3) is 6.76. The SMILES string of the molecule is CCOC[C@@H](O)[C@@H](OCC)[C@H](OCC)[C@H](C=O)OCC. The van der Waals surface area contributed by atoms with Crippen molar-refractivity contribution in [1.82, 2.24) is 0 Å². The summed E-state index contributed by atoms with van der Waals surface area (Å²) in [6.07, 6.45) is -2.30. The minimum Gasteiger partial charge on any atom is -0.388 e. The van der Waals surface area contributed by atoms with Crippen LogP contribution in [0.1, 0.15) is 27.7 Å². The summed E-state index contributed by atoms with van der Waals surface area (Å²) in [5.41, 5.74) is 0. The Labute approximate surface area is 121 Å². The quantitative estimate of drug-likeness (QED) is 0.506. The van der Waals surface area contributed by atoms with Crippen molar-refractivity contribution in [2.75, 3.05) is 33.0 Å². The van der Waals surface area contributed by atoms with Gasteiger partial charge >= 0.3 is 0 Å². The van der Waals surface area contributed by atoms with Gasteiger partial charge in [0.05, 0.1) is 6.61 Å². The summed E-state index contributed by atoms with van der Waals surface area (Å²) in [5.74, 6) is 0. The summed E-state index contributed by atoms with van der Waals surface area (Å²) in [4.78, 5) is 11.2. The fourth-order valence-electron chi connectivity index (χ4n) is 1.92. The van der Waals surface area contributed by atoms with Crippen molar-refractivity contribution >= 4 is 6.29 Å². The monoisotopic (exact) mass is 292 g/mol. The number of carbonyl (C=O) groups excluding carboxylic acids is 1. The molecule has 0 bridgehead atoms. The van der Waals surface area contributed by atoms with E-state index in [-0.39, 0.29) is 6.61 Å². The lowest BCUT2D eigenvalue weighted by Crippen LogP contribution is -2.50. The van der Waals surface area contributed by atoms with E-state index in [2.05, 4.69) is 0 Å². The third-order valence-electron chi connectivity index (χ3n) is 2.73. The van der Waals surface area contributed by atoms with Gasteiger partial charge in [0.25, 0.3) is 0 Å². The van der Waals surface area contributed by atoms with Crippen LogP contribution in [0.2, 0.25) is 0 Å². The molecule has 0 rings (SSSR count). The standard InChI is InChI=1S/C14H28O6/c1-5-17-10-11(16)13(19-7-3)14(20-8-4)12(9-15)18-6-2/h9,11-14,16H,5-8,10H2,1-4H3/t11-,12+,13-,14-/m1/s1. The largest absolute Gasteiger partial charge is 0.388 e. The molecular formula is C14H28O6. The van der Waals surface area contributed by atoms with E-state index < -0.39 is 24.4 Å². The Morgan fingerprint density at radius 2 is 1.45 bits per heavy atom. The Bertz CT molecular complexity index is 236. The number of aliphatic hydroxyl groups is 1. The second kappa shape index (κ2) is 12.2. The highest BCUT2D eigenvalue weighted by Gasteiger charge is 2.36. The minimum atomic E-state index is -0.880. The maximum absolute atomic E-state index is 11.2. The number of carbonyl (C=O) groups is 1. The zero-order valence-electron chi connectivity index (χ0n) is 12.9. The van der Waals surface area contributed by atoms with Gasteiger partial charge < -0.3 is 28.8 Å². The number of aldehydes is 1. The van der Waals surface area contributed by atoms with Crippen molar-refractivity contribution in [2.24, 2.45) is 0 Å². The fraction of sp³-hybridized carbons (Fsp3) is 0.929. The predicted molar refractivity (Wildman–Crippen MR) is 74.8 cm³/mol. The van der Waals surface area contributed by atoms with Gasteiger partial charge in [-0.2, -0.15) is 0 Å². The van der Waals surface area contributed by atoms with Crippen LogP contribution in [0.15, 0.2) is 0 Å². The lowest BCUT2D eigenvalue weighted by molar-refractivity contribution is -0.173. The van der Waals surface area contributed by atoms with Crippen molar-refractivity contribution in [2.45, 2.75) is 52.1 Å². The third-order valence-corrected chi connectivity index (χ3v) is 2.73. The summed E-state index contributed by atoms with van der Waals surface area (Å²) in [5, 5.41) is 10.2. The molecular weight excluding hydrogens is 264 g/mol. The Hall–Kier alpha value is -0.530. The molecule has 0 aromatic carbocycles. The van der Waals surface area contributed by atoms with Gasteiger partial charge in [-0.3, -0.25) is 0 Å². The zero-order chi connectivity index (χ0) is 15.4. The molecule has 4 atom stereocenters. The van der Waals surface area contributed by atoms with E-state index in [4.69, 9.17) is 18.9 Å². The number of hydrogen-bond donors (Lipinski definition) is 1. The summed E-state index contributed by atoms with van der Waals surface area (Å²) in [7, 11) is 0. The molecule has 0 aliphatic rings. The first-order valence-electron chi connectivity index (χ1n) is 7.21. The van der Waals surface area contributed by atoms with Gasteiger partial charge in [-0.05, 0) is 27.7 Å². The smallest absolute Gasteiger partial charge is 0.151 e. The lowest BCUT2D eigenvalue weighted by Gasteiger charge is -2.33. The van der Waals surface area contributed by atoms with Crippen LogP contribution in [0, 0.1) is 0 Å². The molecule has 0 radical (unpaired) electrons. The summed E-state index contributed by atoms with van der Waals surface area (Å²) < 4.78 is 21.7. The topological polar surface area (TPSA) is 74.2 Å². The van der Waals surface area contributed by atoms with Crippen LogP contribution in [-0.4, -0.2) is 68.8 Å². The van der Waals surface area contributed by atoms with Crippen LogP contribution >= 0.6 is 0 Å². The molecule has 0 aromatic rings. The van der Waals surface area contributed by atoms with E-state index in [1.54, 1.807) is 6.92 Å². The highest BCUT2D eigenvalue weighted by atomic mass is 16.6. The summed E-state index contributed by atoms with van der Waals surface area (Å²) in [6, 6.07) is 0. The van der Waals surface area contributed by atoms with E-state index in [1.165, 1.54) is 0 Å². The van der Waals surface area contributed by atoms with Crippen molar-refractivity contribution in [3.8, 4) is 0 Å². The molecule has 0 unspecified atom stereocenters. The Morgan fingerprint density at radius 1 is 0.900 bits per heavy atom. The summed E-state index contributed by atoms with van der Waals surface area (Å²) >= 11 is 0. The first-order chi connectivity index (χ1) is 9.65. The number of ether oxygens (including phenoxy) is 4. The Balaban J connectivity index is 4.93. The molecule has 0 spiro atoms. The van der Waals surface area contributed by atoms with Gasteiger partial charge in [0.1, 0.15) is 24.4 Å². The van der Waals surface area contributed by atoms with E-state index >= 15 is 0 Å². The molecule has 0 aromatic heterocycles. The number of aliphatic hydroxyl groups excluding tert-OH is 1. The molecule has 1 N–H and O–H groups in total. The van der Waals surface area contributed by atoms with Gasteiger partial charge in [0.2, 0.25) is 0 Å². The fourth-order valence-corrected chi connectivity index (χ4v) is 1.92. The van der Waals surface area contributed by atoms with E-state index in [0.29, 0.717) is 32.7 Å². The second-order valence-corrected chi connectivity index (χ2v) is 4.12. The highest BCUT2D eigenvalue weighted by Crippen LogP contribution is 2.15. The average molecular weight is 292 g/mol. The molecule has 120 valence electrons. The van der Waals surface area contributed by atoms with Crippen LogP contribution in [0.4, 0.5) is 0 Å². The van der Waals surface area contributed by atoms with Crippen LogP contribution < -0.4 is 0 Å². The van der Waals surface area contributed by atoms with Crippen molar-refractivity contribution in [3.63, 3.8) is 0 Å².